The van der Waals surface area contributed by atoms with E-state index in [9.17, 15) is 8.42 Å². The second-order valence-corrected chi connectivity index (χ2v) is 8.05. The maximum atomic E-state index is 11.9. The fraction of sp³-hybridized carbons (Fsp3) is 1.00. The molecule has 120 valence electrons. The minimum absolute atomic E-state index is 0.275. The number of rotatable bonds is 9. The maximum Gasteiger partial charge on any atom is 0.211 e. The van der Waals surface area contributed by atoms with Gasteiger partial charge >= 0.3 is 0 Å². The van der Waals surface area contributed by atoms with Gasteiger partial charge in [0.2, 0.25) is 10.0 Å². The fourth-order valence-corrected chi connectivity index (χ4v) is 3.62. The molecule has 0 aromatic carbocycles. The molecule has 0 unspecified atom stereocenters. The molecule has 0 spiro atoms. The van der Waals surface area contributed by atoms with Crippen LogP contribution in [-0.2, 0) is 10.0 Å². The number of nitrogens with one attached hydrogen (secondary N) is 2. The van der Waals surface area contributed by atoms with Crippen molar-refractivity contribution in [2.24, 2.45) is 5.92 Å². The van der Waals surface area contributed by atoms with Crippen LogP contribution >= 0.6 is 0 Å². The molecule has 1 saturated heterocycles. The Morgan fingerprint density at radius 2 is 1.95 bits per heavy atom. The van der Waals surface area contributed by atoms with Gasteiger partial charge in [-0.2, -0.15) is 0 Å². The van der Waals surface area contributed by atoms with Crippen LogP contribution in [0.3, 0.4) is 0 Å². The first kappa shape index (κ1) is 17.9. The molecule has 1 fully saturated rings. The molecule has 6 heteroatoms. The first-order chi connectivity index (χ1) is 9.41. The molecular formula is C14H31N3O2S. The van der Waals surface area contributed by atoms with Crippen LogP contribution in [0.25, 0.3) is 0 Å². The monoisotopic (exact) mass is 305 g/mol. The van der Waals surface area contributed by atoms with Crippen molar-refractivity contribution in [1.29, 1.82) is 0 Å². The summed E-state index contributed by atoms with van der Waals surface area (Å²) >= 11 is 0. The topological polar surface area (TPSA) is 61.4 Å². The standard InChI is InChI=1S/C14H31N3O2S/c1-13(2)17(3)11-4-8-16-20(18,19)12-7-14-5-9-15-10-6-14/h13-16H,4-12H2,1-3H3. The number of sulfonamides is 1. The van der Waals surface area contributed by atoms with E-state index in [0.717, 1.165) is 45.3 Å². The minimum Gasteiger partial charge on any atom is -0.317 e. The predicted octanol–water partition coefficient (Wildman–Crippen LogP) is 1.03. The van der Waals surface area contributed by atoms with Crippen molar-refractivity contribution >= 4 is 10.0 Å². The van der Waals surface area contributed by atoms with Crippen LogP contribution < -0.4 is 10.0 Å². The molecule has 5 nitrogen and oxygen atoms in total. The molecule has 1 rings (SSSR count). The van der Waals surface area contributed by atoms with E-state index >= 15 is 0 Å². The van der Waals surface area contributed by atoms with E-state index in [-0.39, 0.29) is 5.75 Å². The number of piperidine rings is 1. The Hall–Kier alpha value is -0.170. The van der Waals surface area contributed by atoms with Crippen LogP contribution in [0.5, 0.6) is 0 Å². The molecular weight excluding hydrogens is 274 g/mol. The van der Waals surface area contributed by atoms with Crippen LogP contribution in [0, 0.1) is 5.92 Å². The highest BCUT2D eigenvalue weighted by Crippen LogP contribution is 2.16. The maximum absolute atomic E-state index is 11.9. The molecule has 0 aliphatic carbocycles. The van der Waals surface area contributed by atoms with E-state index < -0.39 is 10.0 Å². The summed E-state index contributed by atoms with van der Waals surface area (Å²) in [5, 5.41) is 3.30. The lowest BCUT2D eigenvalue weighted by Crippen LogP contribution is -2.33. The Kier molecular flexibility index (Phi) is 8.02. The lowest BCUT2D eigenvalue weighted by molar-refractivity contribution is 0.271. The van der Waals surface area contributed by atoms with E-state index in [0.29, 0.717) is 18.5 Å². The molecule has 20 heavy (non-hydrogen) atoms. The average molecular weight is 305 g/mol. The number of hydrogen-bond acceptors (Lipinski definition) is 4. The van der Waals surface area contributed by atoms with Gasteiger partial charge in [-0.25, -0.2) is 13.1 Å². The largest absolute Gasteiger partial charge is 0.317 e. The summed E-state index contributed by atoms with van der Waals surface area (Å²) in [4.78, 5) is 2.23. The molecule has 0 atom stereocenters. The van der Waals surface area contributed by atoms with Crippen molar-refractivity contribution in [2.75, 3.05) is 39.0 Å². The van der Waals surface area contributed by atoms with Gasteiger partial charge in [0.05, 0.1) is 5.75 Å². The van der Waals surface area contributed by atoms with Crippen LogP contribution in [0.15, 0.2) is 0 Å². The zero-order valence-corrected chi connectivity index (χ0v) is 14.0. The van der Waals surface area contributed by atoms with Crippen LogP contribution in [0.1, 0.15) is 39.5 Å². The summed E-state index contributed by atoms with van der Waals surface area (Å²) < 4.78 is 26.5. The van der Waals surface area contributed by atoms with Gasteiger partial charge in [0, 0.05) is 12.6 Å². The highest BCUT2D eigenvalue weighted by atomic mass is 32.2. The predicted molar refractivity (Wildman–Crippen MR) is 84.4 cm³/mol. The zero-order valence-electron chi connectivity index (χ0n) is 13.2. The Labute approximate surface area is 124 Å². The summed E-state index contributed by atoms with van der Waals surface area (Å²) in [5.41, 5.74) is 0. The quantitative estimate of drug-likeness (QED) is 0.625. The van der Waals surface area contributed by atoms with E-state index in [1.807, 2.05) is 0 Å². The summed E-state index contributed by atoms with van der Waals surface area (Å²) in [6, 6.07) is 0.506. The van der Waals surface area contributed by atoms with Crippen LogP contribution in [0.4, 0.5) is 0 Å². The van der Waals surface area contributed by atoms with E-state index in [2.05, 4.69) is 35.8 Å². The lowest BCUT2D eigenvalue weighted by atomic mass is 9.96. The molecule has 1 aliphatic heterocycles. The van der Waals surface area contributed by atoms with E-state index in [4.69, 9.17) is 0 Å². The van der Waals surface area contributed by atoms with Gasteiger partial charge in [0.1, 0.15) is 0 Å². The number of nitrogens with zero attached hydrogens (tertiary/aromatic N) is 1. The van der Waals surface area contributed by atoms with E-state index in [1.165, 1.54) is 0 Å². The van der Waals surface area contributed by atoms with Gasteiger partial charge in [0.15, 0.2) is 0 Å². The van der Waals surface area contributed by atoms with Crippen molar-refractivity contribution in [2.45, 2.75) is 45.6 Å². The van der Waals surface area contributed by atoms with Gasteiger partial charge < -0.3 is 10.2 Å². The SMILES string of the molecule is CC(C)N(C)CCCNS(=O)(=O)CCC1CCNCC1. The van der Waals surface area contributed by atoms with Gasteiger partial charge in [-0.3, -0.25) is 0 Å². The van der Waals surface area contributed by atoms with Crippen molar-refractivity contribution in [1.82, 2.24) is 14.9 Å². The zero-order chi connectivity index (χ0) is 15.0. The van der Waals surface area contributed by atoms with Gasteiger partial charge in [0.25, 0.3) is 0 Å². The van der Waals surface area contributed by atoms with Gasteiger partial charge in [-0.1, -0.05) is 0 Å². The third-order valence-electron chi connectivity index (χ3n) is 4.14. The lowest BCUT2D eigenvalue weighted by Gasteiger charge is -2.22. The Morgan fingerprint density at radius 3 is 2.55 bits per heavy atom. The summed E-state index contributed by atoms with van der Waals surface area (Å²) in [6.45, 7) is 7.81. The van der Waals surface area contributed by atoms with Crippen molar-refractivity contribution in [3.63, 3.8) is 0 Å². The molecule has 2 N–H and O–H groups in total. The van der Waals surface area contributed by atoms with Crippen molar-refractivity contribution in [3.05, 3.63) is 0 Å². The normalized spacial score (nSPS) is 18.1. The first-order valence-corrected chi connectivity index (χ1v) is 9.44. The third kappa shape index (κ3) is 7.57. The van der Waals surface area contributed by atoms with Gasteiger partial charge in [-0.05, 0) is 72.1 Å². The van der Waals surface area contributed by atoms with E-state index in [1.54, 1.807) is 0 Å². The minimum atomic E-state index is -3.09. The van der Waals surface area contributed by atoms with Crippen LogP contribution in [-0.4, -0.2) is 58.3 Å². The molecule has 0 aromatic rings. The molecule has 0 bridgehead atoms. The summed E-state index contributed by atoms with van der Waals surface area (Å²) in [6.07, 6.45) is 3.87. The fourth-order valence-electron chi connectivity index (χ4n) is 2.38. The second kappa shape index (κ2) is 8.97. The second-order valence-electron chi connectivity index (χ2n) is 6.12. The highest BCUT2D eigenvalue weighted by molar-refractivity contribution is 7.89. The van der Waals surface area contributed by atoms with Crippen molar-refractivity contribution < 1.29 is 8.42 Å². The Bertz CT molecular complexity index is 351. The molecule has 0 aromatic heterocycles. The molecule has 0 amide bonds. The third-order valence-corrected chi connectivity index (χ3v) is 5.56. The Morgan fingerprint density at radius 1 is 1.30 bits per heavy atom. The number of hydrogen-bond donors (Lipinski definition) is 2. The molecule has 1 heterocycles. The molecule has 1 aliphatic rings. The van der Waals surface area contributed by atoms with Crippen LogP contribution in [0.2, 0.25) is 0 Å². The Balaban J connectivity index is 2.14. The first-order valence-electron chi connectivity index (χ1n) is 7.79. The highest BCUT2D eigenvalue weighted by Gasteiger charge is 2.17. The summed E-state index contributed by atoms with van der Waals surface area (Å²) in [5.74, 6) is 0.845. The molecule has 0 saturated carbocycles. The van der Waals surface area contributed by atoms with Gasteiger partial charge in [-0.15, -0.1) is 0 Å². The summed E-state index contributed by atoms with van der Waals surface area (Å²) in [7, 11) is -1.02. The molecule has 0 radical (unpaired) electrons. The average Bonchev–Trinajstić information content (AvgIpc) is 2.42. The van der Waals surface area contributed by atoms with Crippen molar-refractivity contribution in [3.8, 4) is 0 Å². The smallest absolute Gasteiger partial charge is 0.211 e.